The van der Waals surface area contributed by atoms with Crippen LogP contribution in [0.2, 0.25) is 0 Å². The molecule has 4 heterocycles. The number of likely N-dealkylation sites (tertiary alicyclic amines) is 1. The van der Waals surface area contributed by atoms with Gasteiger partial charge in [0.1, 0.15) is 0 Å². The van der Waals surface area contributed by atoms with Gasteiger partial charge in [0.15, 0.2) is 5.76 Å². The maximum atomic E-state index is 11.9. The lowest BCUT2D eigenvalue weighted by Crippen LogP contribution is -2.52. The Labute approximate surface area is 236 Å². The van der Waals surface area contributed by atoms with Gasteiger partial charge in [-0.25, -0.2) is 9.78 Å². The molecule has 8 heteroatoms. The van der Waals surface area contributed by atoms with Gasteiger partial charge in [0.25, 0.3) is 6.01 Å². The number of fused-ring (bicyclic) bond motifs is 2. The molecule has 0 unspecified atom stereocenters. The fraction of sp³-hybridized carbons (Fsp3) is 0.500. The first-order chi connectivity index (χ1) is 19.4. The molecular weight excluding hydrogens is 504 g/mol. The highest BCUT2D eigenvalue weighted by Crippen LogP contribution is 2.47. The van der Waals surface area contributed by atoms with Crippen LogP contribution in [-0.2, 0) is 10.2 Å². The van der Waals surface area contributed by atoms with E-state index >= 15 is 0 Å². The highest BCUT2D eigenvalue weighted by atomic mass is 16.5. The first-order valence-corrected chi connectivity index (χ1v) is 14.5. The lowest BCUT2D eigenvalue weighted by atomic mass is 9.67. The van der Waals surface area contributed by atoms with Gasteiger partial charge in [0, 0.05) is 49.4 Å². The molecule has 3 atom stereocenters. The number of benzene rings is 2. The van der Waals surface area contributed by atoms with Gasteiger partial charge in [-0.1, -0.05) is 31.2 Å². The minimum absolute atomic E-state index is 0.200. The predicted octanol–water partition coefficient (Wildman–Crippen LogP) is 4.72. The molecule has 8 nitrogen and oxygen atoms in total. The van der Waals surface area contributed by atoms with E-state index in [1.165, 1.54) is 23.9 Å². The second kappa shape index (κ2) is 10.9. The van der Waals surface area contributed by atoms with Gasteiger partial charge >= 0.3 is 5.97 Å². The van der Waals surface area contributed by atoms with E-state index < -0.39 is 0 Å². The van der Waals surface area contributed by atoms with Crippen molar-refractivity contribution >= 4 is 17.7 Å². The zero-order chi connectivity index (χ0) is 27.9. The van der Waals surface area contributed by atoms with Crippen molar-refractivity contribution in [3.63, 3.8) is 0 Å². The Morgan fingerprint density at radius 1 is 1.23 bits per heavy atom. The summed E-state index contributed by atoms with van der Waals surface area (Å²) in [5.41, 5.74) is 5.55. The summed E-state index contributed by atoms with van der Waals surface area (Å²) < 4.78 is 10.9. The first kappa shape index (κ1) is 26.8. The molecule has 212 valence electrons. The SMILES string of the molecule is COC(=O)c1cccc(-c2cnc(N3CCC([C@H](O)CN4CC[C@@]5(CNc6cc(C)ccc65)[C@@H](C)C4)CC3)o2)c1. The summed E-state index contributed by atoms with van der Waals surface area (Å²) >= 11 is 0. The number of anilines is 2. The van der Waals surface area contributed by atoms with Crippen LogP contribution < -0.4 is 10.2 Å². The van der Waals surface area contributed by atoms with E-state index in [-0.39, 0.29) is 23.4 Å². The number of aromatic nitrogens is 1. The molecule has 2 aromatic carbocycles. The highest BCUT2D eigenvalue weighted by Gasteiger charge is 2.46. The quantitative estimate of drug-likeness (QED) is 0.431. The monoisotopic (exact) mass is 544 g/mol. The van der Waals surface area contributed by atoms with E-state index in [0.29, 0.717) is 23.3 Å². The zero-order valence-corrected chi connectivity index (χ0v) is 23.7. The number of aliphatic hydroxyl groups is 1. The topological polar surface area (TPSA) is 91.1 Å². The number of hydrogen-bond donors (Lipinski definition) is 2. The number of esters is 1. The summed E-state index contributed by atoms with van der Waals surface area (Å²) in [6, 6.07) is 14.6. The number of methoxy groups -OCH3 is 1. The van der Waals surface area contributed by atoms with Crippen LogP contribution in [0.5, 0.6) is 0 Å². The van der Waals surface area contributed by atoms with Crippen molar-refractivity contribution < 1.29 is 19.1 Å². The van der Waals surface area contributed by atoms with E-state index in [1.54, 1.807) is 18.3 Å². The number of hydrogen-bond acceptors (Lipinski definition) is 8. The minimum atomic E-state index is -0.378. The predicted molar refractivity (Wildman–Crippen MR) is 156 cm³/mol. The van der Waals surface area contributed by atoms with Crippen molar-refractivity contribution in [2.24, 2.45) is 11.8 Å². The number of rotatable bonds is 6. The summed E-state index contributed by atoms with van der Waals surface area (Å²) in [5, 5.41) is 14.9. The van der Waals surface area contributed by atoms with E-state index in [2.05, 4.69) is 52.1 Å². The largest absolute Gasteiger partial charge is 0.465 e. The number of ether oxygens (including phenoxy) is 1. The lowest BCUT2D eigenvalue weighted by molar-refractivity contribution is 0.0242. The van der Waals surface area contributed by atoms with Crippen molar-refractivity contribution in [1.82, 2.24) is 9.88 Å². The van der Waals surface area contributed by atoms with Crippen molar-refractivity contribution in [3.8, 4) is 11.3 Å². The van der Waals surface area contributed by atoms with E-state index in [1.807, 2.05) is 12.1 Å². The molecule has 0 aliphatic carbocycles. The number of β-amino-alcohol motifs (C(OH)–C–C–N with tert-alkyl or cyclic N) is 1. The minimum Gasteiger partial charge on any atom is -0.465 e. The molecule has 40 heavy (non-hydrogen) atoms. The molecule has 6 rings (SSSR count). The summed E-state index contributed by atoms with van der Waals surface area (Å²) in [5.74, 6) is 1.04. The van der Waals surface area contributed by atoms with Gasteiger partial charge in [-0.2, -0.15) is 0 Å². The Morgan fingerprint density at radius 3 is 2.83 bits per heavy atom. The Kier molecular flexibility index (Phi) is 7.31. The average Bonchev–Trinajstić information content (AvgIpc) is 3.61. The molecular formula is C32H40N4O4. The fourth-order valence-electron chi connectivity index (χ4n) is 7.02. The Bertz CT molecular complexity index is 1360. The maximum absolute atomic E-state index is 11.9. The number of carbonyl (C=O) groups excluding carboxylic acids is 1. The van der Waals surface area contributed by atoms with Gasteiger partial charge < -0.3 is 29.4 Å². The number of aryl methyl sites for hydroxylation is 1. The van der Waals surface area contributed by atoms with Crippen LogP contribution in [0.15, 0.2) is 53.1 Å². The normalized spacial score (nSPS) is 24.1. The molecule has 0 saturated carbocycles. The molecule has 2 saturated heterocycles. The molecule has 0 radical (unpaired) electrons. The Hall–Kier alpha value is -3.36. The first-order valence-electron chi connectivity index (χ1n) is 14.5. The highest BCUT2D eigenvalue weighted by molar-refractivity contribution is 5.90. The molecule has 0 bridgehead atoms. The second-order valence-electron chi connectivity index (χ2n) is 11.9. The van der Waals surface area contributed by atoms with Crippen molar-refractivity contribution in [2.75, 3.05) is 56.6 Å². The third kappa shape index (κ3) is 4.99. The molecule has 1 spiro atoms. The molecule has 2 N–H and O–H groups in total. The van der Waals surface area contributed by atoms with Crippen LogP contribution in [0.4, 0.5) is 11.7 Å². The van der Waals surface area contributed by atoms with Crippen LogP contribution in [0.1, 0.15) is 47.7 Å². The number of carbonyl (C=O) groups is 1. The number of oxazole rings is 1. The van der Waals surface area contributed by atoms with Gasteiger partial charge in [-0.3, -0.25) is 0 Å². The molecule has 3 aromatic rings. The van der Waals surface area contributed by atoms with Gasteiger partial charge in [0.05, 0.1) is 25.0 Å². The molecule has 1 aromatic heterocycles. The number of aliphatic hydroxyl groups excluding tert-OH is 1. The summed E-state index contributed by atoms with van der Waals surface area (Å²) in [6.07, 6.45) is 4.30. The van der Waals surface area contributed by atoms with Crippen molar-refractivity contribution in [3.05, 3.63) is 65.4 Å². The Balaban J connectivity index is 1.02. The third-order valence-corrected chi connectivity index (χ3v) is 9.52. The second-order valence-corrected chi connectivity index (χ2v) is 11.9. The number of piperidine rings is 2. The van der Waals surface area contributed by atoms with Gasteiger partial charge in [0.2, 0.25) is 0 Å². The third-order valence-electron chi connectivity index (χ3n) is 9.52. The van der Waals surface area contributed by atoms with Crippen LogP contribution >= 0.6 is 0 Å². The fourth-order valence-corrected chi connectivity index (χ4v) is 7.02. The zero-order valence-electron chi connectivity index (χ0n) is 23.7. The molecule has 2 fully saturated rings. The Morgan fingerprint density at radius 2 is 2.05 bits per heavy atom. The molecule has 3 aliphatic rings. The van der Waals surface area contributed by atoms with E-state index in [9.17, 15) is 9.90 Å². The molecule has 0 amide bonds. The summed E-state index contributed by atoms with van der Waals surface area (Å²) in [4.78, 5) is 21.0. The lowest BCUT2D eigenvalue weighted by Gasteiger charge is -2.46. The van der Waals surface area contributed by atoms with Crippen LogP contribution in [0.3, 0.4) is 0 Å². The smallest absolute Gasteiger partial charge is 0.337 e. The van der Waals surface area contributed by atoms with Gasteiger partial charge in [-0.15, -0.1) is 0 Å². The van der Waals surface area contributed by atoms with Gasteiger partial charge in [-0.05, 0) is 73.9 Å². The van der Waals surface area contributed by atoms with E-state index in [4.69, 9.17) is 9.15 Å². The van der Waals surface area contributed by atoms with Crippen LogP contribution in [-0.4, -0.2) is 73.4 Å². The number of nitrogens with zero attached hydrogens (tertiary/aromatic N) is 3. The average molecular weight is 545 g/mol. The number of nitrogens with one attached hydrogen (secondary N) is 1. The van der Waals surface area contributed by atoms with E-state index in [0.717, 1.165) is 64.1 Å². The molecule has 3 aliphatic heterocycles. The summed E-state index contributed by atoms with van der Waals surface area (Å²) in [7, 11) is 1.37. The van der Waals surface area contributed by atoms with Crippen molar-refractivity contribution in [2.45, 2.75) is 44.6 Å². The van der Waals surface area contributed by atoms with Crippen molar-refractivity contribution in [1.29, 1.82) is 0 Å². The standard InChI is InChI=1S/C32H40N4O4/c1-21-7-8-26-27(15-21)34-20-32(26)11-14-35(18-22(32)2)19-28(37)23-9-12-36(13-10-23)31-33-17-29(40-31)24-5-4-6-25(16-24)30(38)39-3/h4-8,15-17,22-23,28,34,37H,9-14,18-20H2,1-3H3/t22-,28+,32+/m0/s1. The maximum Gasteiger partial charge on any atom is 0.337 e. The van der Waals surface area contributed by atoms with Crippen LogP contribution in [0.25, 0.3) is 11.3 Å². The summed E-state index contributed by atoms with van der Waals surface area (Å²) in [6.45, 7) is 9.91. The van der Waals surface area contributed by atoms with Crippen LogP contribution in [0, 0.1) is 18.8 Å².